The Bertz CT molecular complexity index is 936. The van der Waals surface area contributed by atoms with E-state index in [4.69, 9.17) is 27.3 Å². The molecule has 2 aromatic rings. The number of rotatable bonds is 4. The summed E-state index contributed by atoms with van der Waals surface area (Å²) in [6.07, 6.45) is 5.28. The summed E-state index contributed by atoms with van der Waals surface area (Å²) in [7, 11) is 0. The molecule has 0 unspecified atom stereocenters. The highest BCUT2D eigenvalue weighted by atomic mass is 35.5. The highest BCUT2D eigenvalue weighted by Gasteiger charge is 2.46. The lowest BCUT2D eigenvalue weighted by atomic mass is 9.71. The van der Waals surface area contributed by atoms with Gasteiger partial charge in [-0.3, -0.25) is 0 Å². The maximum absolute atomic E-state index is 10.1. The van der Waals surface area contributed by atoms with Gasteiger partial charge in [-0.2, -0.15) is 0 Å². The van der Waals surface area contributed by atoms with Gasteiger partial charge in [0, 0.05) is 24.2 Å². The number of anilines is 2. The summed E-state index contributed by atoms with van der Waals surface area (Å²) in [5.41, 5.74) is 7.38. The van der Waals surface area contributed by atoms with E-state index in [9.17, 15) is 10.2 Å². The van der Waals surface area contributed by atoms with Crippen molar-refractivity contribution in [1.29, 1.82) is 0 Å². The van der Waals surface area contributed by atoms with Gasteiger partial charge in [-0.25, -0.2) is 15.0 Å². The number of pyridine rings is 1. The molecule has 0 bridgehead atoms. The highest BCUT2D eigenvalue weighted by molar-refractivity contribution is 7.99. The fourth-order valence-corrected chi connectivity index (χ4v) is 5.99. The SMILES string of the molecule is Cc1nc(N2CCC3(CC2)C[C@H](O)C[C@H]3C)c(CO)nc1Sc1ccnc(N)c1Cl. The number of piperidine rings is 1. The Kier molecular flexibility index (Phi) is 6.12. The molecule has 0 aromatic carbocycles. The van der Waals surface area contributed by atoms with Gasteiger partial charge in [0.25, 0.3) is 0 Å². The fraction of sp³-hybridized carbons (Fsp3) is 0.571. The Labute approximate surface area is 186 Å². The van der Waals surface area contributed by atoms with E-state index in [2.05, 4.69) is 16.8 Å². The number of hydrogen-bond acceptors (Lipinski definition) is 8. The Morgan fingerprint density at radius 3 is 2.70 bits per heavy atom. The summed E-state index contributed by atoms with van der Waals surface area (Å²) in [5.74, 6) is 1.57. The van der Waals surface area contributed by atoms with Crippen molar-refractivity contribution in [3.8, 4) is 0 Å². The van der Waals surface area contributed by atoms with Crippen molar-refractivity contribution < 1.29 is 10.2 Å². The van der Waals surface area contributed by atoms with E-state index in [0.29, 0.717) is 21.7 Å². The van der Waals surface area contributed by atoms with E-state index in [1.54, 1.807) is 12.3 Å². The standard InChI is InChI=1S/C21H28ClN5O2S/c1-12-9-14(29)10-21(12)4-7-27(8-5-21)19-15(11-28)26-20(13(2)25-19)30-16-3-6-24-18(23)17(16)22/h3,6,12,14,28-29H,4-5,7-11H2,1-2H3,(H2,23,24)/t12-,14-/m1/s1. The Balaban J connectivity index is 1.55. The lowest BCUT2D eigenvalue weighted by Crippen LogP contribution is -2.42. The summed E-state index contributed by atoms with van der Waals surface area (Å²) in [4.78, 5) is 16.5. The van der Waals surface area contributed by atoms with Gasteiger partial charge in [0.2, 0.25) is 0 Å². The van der Waals surface area contributed by atoms with Gasteiger partial charge in [-0.05, 0) is 50.0 Å². The Morgan fingerprint density at radius 1 is 1.33 bits per heavy atom. The molecule has 0 amide bonds. The van der Waals surface area contributed by atoms with E-state index in [0.717, 1.165) is 55.2 Å². The fourth-order valence-electron chi connectivity index (χ4n) is 4.88. The van der Waals surface area contributed by atoms with Crippen LogP contribution in [0.15, 0.2) is 22.2 Å². The van der Waals surface area contributed by atoms with E-state index in [1.807, 2.05) is 6.92 Å². The first-order chi connectivity index (χ1) is 14.3. The molecule has 1 spiro atoms. The van der Waals surface area contributed by atoms with Crippen LogP contribution >= 0.6 is 23.4 Å². The number of halogens is 1. The van der Waals surface area contributed by atoms with E-state index in [-0.39, 0.29) is 23.9 Å². The summed E-state index contributed by atoms with van der Waals surface area (Å²) < 4.78 is 0. The van der Waals surface area contributed by atoms with Crippen LogP contribution in [0.2, 0.25) is 5.02 Å². The molecule has 1 saturated heterocycles. The predicted octanol–water partition coefficient (Wildman–Crippen LogP) is 3.44. The minimum absolute atomic E-state index is 0.174. The molecule has 162 valence electrons. The van der Waals surface area contributed by atoms with Crippen molar-refractivity contribution in [2.45, 2.75) is 62.2 Å². The van der Waals surface area contributed by atoms with Crippen LogP contribution in [0.5, 0.6) is 0 Å². The third-order valence-electron chi connectivity index (χ3n) is 6.69. The maximum Gasteiger partial charge on any atom is 0.153 e. The summed E-state index contributed by atoms with van der Waals surface area (Å²) in [5, 5.41) is 21.2. The molecular formula is C21H28ClN5O2S. The second-order valence-electron chi connectivity index (χ2n) is 8.50. The monoisotopic (exact) mass is 449 g/mol. The van der Waals surface area contributed by atoms with Gasteiger partial charge >= 0.3 is 0 Å². The number of hydrogen-bond donors (Lipinski definition) is 3. The topological polar surface area (TPSA) is 108 Å². The average molecular weight is 450 g/mol. The van der Waals surface area contributed by atoms with Crippen molar-refractivity contribution in [2.24, 2.45) is 11.3 Å². The van der Waals surface area contributed by atoms with Crippen LogP contribution in [0.3, 0.4) is 0 Å². The molecule has 2 atom stereocenters. The third kappa shape index (κ3) is 3.98. The Morgan fingerprint density at radius 2 is 2.07 bits per heavy atom. The largest absolute Gasteiger partial charge is 0.393 e. The zero-order valence-electron chi connectivity index (χ0n) is 17.3. The van der Waals surface area contributed by atoms with Crippen LogP contribution in [0.1, 0.15) is 44.0 Å². The number of nitrogen functional groups attached to an aromatic ring is 1. The number of aryl methyl sites for hydroxylation is 1. The molecule has 2 aliphatic rings. The van der Waals surface area contributed by atoms with Gasteiger partial charge in [0.1, 0.15) is 16.5 Å². The van der Waals surface area contributed by atoms with Gasteiger partial charge in [0.15, 0.2) is 5.82 Å². The predicted molar refractivity (Wildman–Crippen MR) is 119 cm³/mol. The number of nitrogens with two attached hydrogens (primary N) is 1. The summed E-state index contributed by atoms with van der Waals surface area (Å²) in [6, 6.07) is 1.79. The van der Waals surface area contributed by atoms with Gasteiger partial charge in [0.05, 0.1) is 23.4 Å². The average Bonchev–Trinajstić information content (AvgIpc) is 2.99. The Hall–Kier alpha value is -1.61. The van der Waals surface area contributed by atoms with Crippen molar-refractivity contribution in [3.63, 3.8) is 0 Å². The lowest BCUT2D eigenvalue weighted by molar-refractivity contribution is 0.132. The molecule has 1 aliphatic carbocycles. The summed E-state index contributed by atoms with van der Waals surface area (Å²) >= 11 is 7.64. The molecule has 3 heterocycles. The molecule has 2 aromatic heterocycles. The van der Waals surface area contributed by atoms with Gasteiger partial charge in [-0.15, -0.1) is 0 Å². The van der Waals surface area contributed by atoms with Crippen LogP contribution in [0.25, 0.3) is 0 Å². The quantitative estimate of drug-likeness (QED) is 0.651. The molecule has 7 nitrogen and oxygen atoms in total. The van der Waals surface area contributed by atoms with Gasteiger partial charge < -0.3 is 20.8 Å². The molecule has 1 saturated carbocycles. The van der Waals surface area contributed by atoms with Crippen LogP contribution in [0, 0.1) is 18.3 Å². The first-order valence-corrected chi connectivity index (χ1v) is 11.5. The highest BCUT2D eigenvalue weighted by Crippen LogP contribution is 2.50. The minimum Gasteiger partial charge on any atom is -0.393 e. The lowest BCUT2D eigenvalue weighted by Gasteiger charge is -2.43. The first-order valence-electron chi connectivity index (χ1n) is 10.3. The van der Waals surface area contributed by atoms with Crippen LogP contribution in [-0.2, 0) is 6.61 Å². The zero-order valence-corrected chi connectivity index (χ0v) is 18.9. The maximum atomic E-state index is 10.1. The number of aromatic nitrogens is 3. The second kappa shape index (κ2) is 8.49. The molecule has 9 heteroatoms. The molecule has 30 heavy (non-hydrogen) atoms. The first kappa shape index (κ1) is 21.6. The summed E-state index contributed by atoms with van der Waals surface area (Å²) in [6.45, 7) is 5.71. The number of aliphatic hydroxyl groups is 2. The van der Waals surface area contributed by atoms with E-state index >= 15 is 0 Å². The van der Waals surface area contributed by atoms with Crippen molar-refractivity contribution in [2.75, 3.05) is 23.7 Å². The second-order valence-corrected chi connectivity index (χ2v) is 9.91. The molecule has 4 N–H and O–H groups in total. The third-order valence-corrected chi connectivity index (χ3v) is 8.34. The van der Waals surface area contributed by atoms with Crippen molar-refractivity contribution >= 4 is 35.0 Å². The van der Waals surface area contributed by atoms with Crippen LogP contribution in [0.4, 0.5) is 11.6 Å². The molecular weight excluding hydrogens is 422 g/mol. The van der Waals surface area contributed by atoms with E-state index in [1.165, 1.54) is 11.8 Å². The van der Waals surface area contributed by atoms with Crippen LogP contribution < -0.4 is 10.6 Å². The smallest absolute Gasteiger partial charge is 0.153 e. The molecule has 1 aliphatic heterocycles. The van der Waals surface area contributed by atoms with Crippen molar-refractivity contribution in [1.82, 2.24) is 15.0 Å². The molecule has 4 rings (SSSR count). The van der Waals surface area contributed by atoms with Crippen LogP contribution in [-0.4, -0.2) is 44.4 Å². The van der Waals surface area contributed by atoms with Crippen molar-refractivity contribution in [3.05, 3.63) is 28.7 Å². The molecule has 0 radical (unpaired) electrons. The number of nitrogens with zero attached hydrogens (tertiary/aromatic N) is 4. The minimum atomic E-state index is -0.181. The van der Waals surface area contributed by atoms with E-state index < -0.39 is 0 Å². The number of aliphatic hydroxyl groups excluding tert-OH is 2. The normalized spacial score (nSPS) is 23.3. The van der Waals surface area contributed by atoms with Gasteiger partial charge in [-0.1, -0.05) is 30.3 Å². The molecule has 2 fully saturated rings. The zero-order chi connectivity index (χ0) is 21.5.